The number of nitrogens with one attached hydrogen (secondary N) is 2. The first kappa shape index (κ1) is 23.6. The van der Waals surface area contributed by atoms with Crippen LogP contribution < -0.4 is 59.1 Å². The van der Waals surface area contributed by atoms with Crippen molar-refractivity contribution in [3.05, 3.63) is 17.9 Å². The van der Waals surface area contributed by atoms with Gasteiger partial charge in [-0.25, -0.2) is 0 Å². The van der Waals surface area contributed by atoms with Crippen LogP contribution in [0.5, 0.6) is 0 Å². The average molecular weight is 400 g/mol. The molecule has 2 heterocycles. The van der Waals surface area contributed by atoms with Gasteiger partial charge in [0.05, 0.1) is 10.2 Å². The standard InChI is InChI=1S/2C3H2N2OS3.2Na/c2*6-2(7)1-4-5-3(8)9-1;;/h2*(H,5,8)(H,6,7);;/q;;2*+1/p-2. The SMILES string of the molecule is O=C([S-])c1n[nH]c(=S)s1.O=C([S-])c1n[nH]c(=S)s1.[Na+].[Na+]. The summed E-state index contributed by atoms with van der Waals surface area (Å²) in [5.41, 5.74) is 0. The average Bonchev–Trinajstić information content (AvgIpc) is 2.88. The molecule has 2 aromatic rings. The molecule has 6 nitrogen and oxygen atoms in total. The van der Waals surface area contributed by atoms with Crippen LogP contribution in [0.2, 0.25) is 0 Å². The zero-order valence-electron chi connectivity index (χ0n) is 10.2. The van der Waals surface area contributed by atoms with E-state index in [1.54, 1.807) is 0 Å². The molecule has 0 aliphatic carbocycles. The second-order valence-corrected chi connectivity index (χ2v) is 6.48. The van der Waals surface area contributed by atoms with Gasteiger partial charge < -0.3 is 34.8 Å². The maximum atomic E-state index is 10.4. The number of hydrogen-bond donors (Lipinski definition) is 2. The Hall–Kier alpha value is 1.34. The summed E-state index contributed by atoms with van der Waals surface area (Å²) >= 11 is 20.1. The number of rotatable bonds is 2. The fraction of sp³-hybridized carbons (Fsp3) is 0. The molecule has 0 saturated heterocycles. The Balaban J connectivity index is 0. The molecule has 0 fully saturated rings. The molecule has 0 aliphatic heterocycles. The van der Waals surface area contributed by atoms with E-state index in [0.29, 0.717) is 7.91 Å². The predicted octanol–water partition coefficient (Wildman–Crippen LogP) is -4.22. The number of hydrogen-bond acceptors (Lipinski definition) is 10. The zero-order chi connectivity index (χ0) is 13.7. The van der Waals surface area contributed by atoms with Crippen molar-refractivity contribution >= 4 is 82.6 Å². The van der Waals surface area contributed by atoms with E-state index >= 15 is 0 Å². The minimum absolute atomic E-state index is 0. The Kier molecular flexibility index (Phi) is 14.0. The van der Waals surface area contributed by atoms with Gasteiger partial charge in [-0.15, -0.1) is 0 Å². The van der Waals surface area contributed by atoms with Gasteiger partial charge in [0.1, 0.15) is 0 Å². The minimum Gasteiger partial charge on any atom is -0.734 e. The summed E-state index contributed by atoms with van der Waals surface area (Å²) in [6.45, 7) is 0. The summed E-state index contributed by atoms with van der Waals surface area (Å²) in [6, 6.07) is 0. The molecule has 2 aromatic heterocycles. The van der Waals surface area contributed by atoms with E-state index in [4.69, 9.17) is 0 Å². The number of carbonyl (C=O) groups excluding carboxylic acids is 2. The van der Waals surface area contributed by atoms with Crippen molar-refractivity contribution in [3.63, 3.8) is 0 Å². The molecule has 0 bridgehead atoms. The van der Waals surface area contributed by atoms with Crippen LogP contribution in [0.25, 0.3) is 0 Å². The number of carbonyl (C=O) groups is 2. The molecule has 0 amide bonds. The fourth-order valence-electron chi connectivity index (χ4n) is 0.634. The Morgan fingerprint density at radius 1 is 0.900 bits per heavy atom. The van der Waals surface area contributed by atoms with Crippen LogP contribution in [0.3, 0.4) is 0 Å². The van der Waals surface area contributed by atoms with E-state index in [1.807, 2.05) is 0 Å². The molecule has 0 radical (unpaired) electrons. The van der Waals surface area contributed by atoms with E-state index in [1.165, 1.54) is 0 Å². The summed E-state index contributed by atoms with van der Waals surface area (Å²) < 4.78 is 0.950. The first-order valence-electron chi connectivity index (χ1n) is 3.94. The van der Waals surface area contributed by atoms with Crippen molar-refractivity contribution < 1.29 is 68.7 Å². The molecule has 2 rings (SSSR count). The molecule has 0 aromatic carbocycles. The molecule has 96 valence electrons. The smallest absolute Gasteiger partial charge is 0.734 e. The molecular formula is C6H2N4Na2O2S6. The third kappa shape index (κ3) is 8.70. The molecule has 20 heavy (non-hydrogen) atoms. The number of aromatic amines is 2. The first-order valence-corrected chi connectivity index (χ1v) is 7.20. The van der Waals surface area contributed by atoms with E-state index in [9.17, 15) is 9.59 Å². The van der Waals surface area contributed by atoms with Gasteiger partial charge >= 0.3 is 59.1 Å². The van der Waals surface area contributed by atoms with Gasteiger partial charge in [0.15, 0.2) is 17.9 Å². The van der Waals surface area contributed by atoms with Crippen LogP contribution in [0.1, 0.15) is 19.6 Å². The maximum absolute atomic E-state index is 10.4. The molecule has 0 aliphatic rings. The number of H-pyrrole nitrogens is 2. The van der Waals surface area contributed by atoms with Crippen LogP contribution in [0.4, 0.5) is 0 Å². The summed E-state index contributed by atoms with van der Waals surface area (Å²) in [6.07, 6.45) is 0. The topological polar surface area (TPSA) is 91.5 Å². The molecule has 0 unspecified atom stereocenters. The van der Waals surface area contributed by atoms with Crippen LogP contribution in [0.15, 0.2) is 0 Å². The normalized spacial score (nSPS) is 8.40. The Labute approximate surface area is 186 Å². The van der Waals surface area contributed by atoms with Crippen molar-refractivity contribution in [1.29, 1.82) is 0 Å². The molecule has 0 saturated carbocycles. The summed E-state index contributed by atoms with van der Waals surface area (Å²) in [7, 11) is 0. The van der Waals surface area contributed by atoms with E-state index in [2.05, 4.69) is 70.1 Å². The van der Waals surface area contributed by atoms with Crippen LogP contribution in [-0.4, -0.2) is 30.6 Å². The minimum atomic E-state index is -0.465. The zero-order valence-corrected chi connectivity index (χ0v) is 19.1. The predicted molar refractivity (Wildman–Crippen MR) is 78.0 cm³/mol. The Morgan fingerprint density at radius 3 is 1.30 bits per heavy atom. The summed E-state index contributed by atoms with van der Waals surface area (Å²) in [4.78, 5) is 20.7. The Morgan fingerprint density at radius 2 is 1.20 bits per heavy atom. The third-order valence-electron chi connectivity index (χ3n) is 1.23. The molecule has 14 heteroatoms. The van der Waals surface area contributed by atoms with Crippen molar-refractivity contribution in [2.24, 2.45) is 0 Å². The quantitative estimate of drug-likeness (QED) is 0.298. The van der Waals surface area contributed by atoms with Crippen LogP contribution in [-0.2, 0) is 25.3 Å². The first-order chi connectivity index (χ1) is 8.40. The number of nitrogens with zero attached hydrogens (tertiary/aromatic N) is 2. The van der Waals surface area contributed by atoms with E-state index in [-0.39, 0.29) is 69.1 Å². The van der Waals surface area contributed by atoms with Crippen molar-refractivity contribution in [2.75, 3.05) is 0 Å². The second-order valence-electron chi connectivity index (χ2n) is 2.41. The van der Waals surface area contributed by atoms with Gasteiger partial charge in [-0.2, -0.15) is 10.2 Å². The second kappa shape index (κ2) is 11.8. The van der Waals surface area contributed by atoms with Crippen molar-refractivity contribution in [3.8, 4) is 0 Å². The molecule has 2 N–H and O–H groups in total. The largest absolute Gasteiger partial charge is 1.00 e. The third-order valence-corrected chi connectivity index (χ3v) is 4.05. The summed E-state index contributed by atoms with van der Waals surface area (Å²) in [5, 5.41) is 11.6. The van der Waals surface area contributed by atoms with Gasteiger partial charge in [0, 0.05) is 0 Å². The van der Waals surface area contributed by atoms with Gasteiger partial charge in [0.2, 0.25) is 0 Å². The summed E-state index contributed by atoms with van der Waals surface area (Å²) in [5.74, 6) is 0. The van der Waals surface area contributed by atoms with E-state index < -0.39 is 10.2 Å². The Bertz CT molecular complexity index is 617. The van der Waals surface area contributed by atoms with Crippen LogP contribution >= 0.6 is 47.1 Å². The van der Waals surface area contributed by atoms with Crippen molar-refractivity contribution in [2.45, 2.75) is 0 Å². The van der Waals surface area contributed by atoms with Crippen molar-refractivity contribution in [1.82, 2.24) is 20.4 Å². The van der Waals surface area contributed by atoms with Gasteiger partial charge in [-0.3, -0.25) is 10.2 Å². The van der Waals surface area contributed by atoms with Gasteiger partial charge in [-0.05, 0) is 24.4 Å². The van der Waals surface area contributed by atoms with Gasteiger partial charge in [-0.1, -0.05) is 22.7 Å². The monoisotopic (exact) mass is 400 g/mol. The van der Waals surface area contributed by atoms with Gasteiger partial charge in [0.25, 0.3) is 0 Å². The fourth-order valence-corrected chi connectivity index (χ4v) is 2.42. The molecule has 0 atom stereocenters. The van der Waals surface area contributed by atoms with E-state index in [0.717, 1.165) is 22.7 Å². The number of aromatic nitrogens is 4. The molecular weight excluding hydrogens is 398 g/mol. The maximum Gasteiger partial charge on any atom is 1.00 e. The molecule has 0 spiro atoms. The van der Waals surface area contributed by atoms with Crippen LogP contribution in [0, 0.1) is 7.91 Å².